The van der Waals surface area contributed by atoms with Crippen molar-refractivity contribution in [2.75, 3.05) is 0 Å². The molecule has 0 aromatic carbocycles. The highest BCUT2D eigenvalue weighted by Gasteiger charge is 1.95. The lowest BCUT2D eigenvalue weighted by Gasteiger charge is -1.79. The Hall–Kier alpha value is -1.19. The van der Waals surface area contributed by atoms with Crippen LogP contribution in [0.4, 0.5) is 0 Å². The van der Waals surface area contributed by atoms with Gasteiger partial charge in [0.1, 0.15) is 5.76 Å². The van der Waals surface area contributed by atoms with Gasteiger partial charge in [0.15, 0.2) is 0 Å². The molecule has 0 saturated carbocycles. The standard InChI is InChI=1S/C4H5NO3/c1-3-2-4(6)5(7)8-3/h2,7H,1H3. The van der Waals surface area contributed by atoms with E-state index >= 15 is 0 Å². The third-order valence-electron chi connectivity index (χ3n) is 0.746. The molecule has 0 aliphatic rings. The minimum atomic E-state index is -0.539. The van der Waals surface area contributed by atoms with Gasteiger partial charge in [-0.1, -0.05) is 0 Å². The van der Waals surface area contributed by atoms with E-state index in [1.54, 1.807) is 6.92 Å². The molecule has 1 aromatic rings. The predicted octanol–water partition coefficient (Wildman–Crippen LogP) is -0.0130. The van der Waals surface area contributed by atoms with Gasteiger partial charge in [0.2, 0.25) is 0 Å². The van der Waals surface area contributed by atoms with Crippen LogP contribution in [0.2, 0.25) is 0 Å². The lowest BCUT2D eigenvalue weighted by molar-refractivity contribution is -0.000940. The second-order valence-corrected chi connectivity index (χ2v) is 1.46. The maximum absolute atomic E-state index is 10.3. The largest absolute Gasteiger partial charge is 0.398 e. The van der Waals surface area contributed by atoms with Crippen molar-refractivity contribution in [2.24, 2.45) is 0 Å². The fourth-order valence-electron chi connectivity index (χ4n) is 0.437. The Morgan fingerprint density at radius 1 is 1.88 bits per heavy atom. The zero-order valence-corrected chi connectivity index (χ0v) is 4.29. The average Bonchev–Trinajstić information content (AvgIpc) is 1.85. The summed E-state index contributed by atoms with van der Waals surface area (Å²) in [6.45, 7) is 1.58. The fraction of sp³-hybridized carbons (Fsp3) is 0.250. The van der Waals surface area contributed by atoms with Crippen molar-refractivity contribution in [3.05, 3.63) is 22.2 Å². The minimum Gasteiger partial charge on any atom is -0.398 e. The second-order valence-electron chi connectivity index (χ2n) is 1.46. The Kier molecular flexibility index (Phi) is 0.865. The highest BCUT2D eigenvalue weighted by atomic mass is 16.7. The van der Waals surface area contributed by atoms with E-state index in [-0.39, 0.29) is 4.90 Å². The van der Waals surface area contributed by atoms with Crippen LogP contribution in [0.5, 0.6) is 0 Å². The predicted molar refractivity (Wildman–Crippen MR) is 24.9 cm³/mol. The van der Waals surface area contributed by atoms with E-state index in [1.807, 2.05) is 0 Å². The summed E-state index contributed by atoms with van der Waals surface area (Å²) in [6.07, 6.45) is 0. The Labute approximate surface area is 44.9 Å². The highest BCUT2D eigenvalue weighted by molar-refractivity contribution is 4.89. The maximum atomic E-state index is 10.3. The molecule has 0 bridgehead atoms. The smallest absolute Gasteiger partial charge is 0.322 e. The molecule has 1 aromatic heterocycles. The Morgan fingerprint density at radius 3 is 2.62 bits per heavy atom. The molecule has 0 aliphatic carbocycles. The summed E-state index contributed by atoms with van der Waals surface area (Å²) >= 11 is 0. The molecule has 0 radical (unpaired) electrons. The van der Waals surface area contributed by atoms with E-state index < -0.39 is 5.56 Å². The molecule has 0 spiro atoms. The molecule has 1 N–H and O–H groups in total. The number of hydrogen-bond acceptors (Lipinski definition) is 3. The maximum Gasteiger partial charge on any atom is 0.322 e. The summed E-state index contributed by atoms with van der Waals surface area (Å²) in [5.41, 5.74) is -0.539. The van der Waals surface area contributed by atoms with Crippen LogP contribution in [0.3, 0.4) is 0 Å². The normalized spacial score (nSPS) is 9.62. The fourth-order valence-corrected chi connectivity index (χ4v) is 0.437. The van der Waals surface area contributed by atoms with Crippen molar-refractivity contribution in [3.63, 3.8) is 0 Å². The summed E-state index contributed by atoms with van der Waals surface area (Å²) in [4.78, 5) is 10.4. The van der Waals surface area contributed by atoms with E-state index in [4.69, 9.17) is 5.21 Å². The summed E-state index contributed by atoms with van der Waals surface area (Å²) < 4.78 is 4.37. The van der Waals surface area contributed by atoms with Crippen LogP contribution in [0, 0.1) is 6.92 Å². The molecule has 44 valence electrons. The molecule has 0 atom stereocenters. The van der Waals surface area contributed by atoms with Crippen LogP contribution < -0.4 is 5.56 Å². The molecular formula is C4H5NO3. The molecule has 4 heteroatoms. The van der Waals surface area contributed by atoms with Gasteiger partial charge in [-0.3, -0.25) is 4.79 Å². The number of nitrogens with zero attached hydrogens (tertiary/aromatic N) is 1. The van der Waals surface area contributed by atoms with Gasteiger partial charge in [-0.15, -0.1) is 0 Å². The monoisotopic (exact) mass is 115 g/mol. The third kappa shape index (κ3) is 0.598. The van der Waals surface area contributed by atoms with Crippen molar-refractivity contribution in [1.82, 2.24) is 4.90 Å². The SMILES string of the molecule is Cc1cc(=O)n(O)o1. The lowest BCUT2D eigenvalue weighted by Crippen LogP contribution is -2.08. The second kappa shape index (κ2) is 1.40. The highest BCUT2D eigenvalue weighted by Crippen LogP contribution is 1.87. The van der Waals surface area contributed by atoms with E-state index in [2.05, 4.69) is 4.52 Å². The number of aromatic nitrogens is 1. The minimum absolute atomic E-state index is 0.190. The zero-order valence-electron chi connectivity index (χ0n) is 4.29. The van der Waals surface area contributed by atoms with E-state index in [9.17, 15) is 4.79 Å². The van der Waals surface area contributed by atoms with Crippen molar-refractivity contribution in [3.8, 4) is 0 Å². The third-order valence-corrected chi connectivity index (χ3v) is 0.746. The summed E-state index contributed by atoms with van der Waals surface area (Å²) in [5.74, 6) is 0.400. The molecule has 0 fully saturated rings. The molecule has 1 rings (SSSR count). The van der Waals surface area contributed by atoms with Crippen LogP contribution in [0.1, 0.15) is 5.76 Å². The van der Waals surface area contributed by atoms with Crippen LogP contribution >= 0.6 is 0 Å². The Balaban J connectivity index is 3.35. The molecule has 8 heavy (non-hydrogen) atoms. The van der Waals surface area contributed by atoms with Gasteiger partial charge < -0.3 is 9.73 Å². The topological polar surface area (TPSA) is 55.4 Å². The number of rotatable bonds is 0. The van der Waals surface area contributed by atoms with Crippen molar-refractivity contribution < 1.29 is 9.73 Å². The first kappa shape index (κ1) is 4.96. The van der Waals surface area contributed by atoms with Gasteiger partial charge in [0.05, 0.1) is 6.07 Å². The van der Waals surface area contributed by atoms with Gasteiger partial charge in [-0.25, -0.2) is 0 Å². The molecule has 0 unspecified atom stereocenters. The molecular weight excluding hydrogens is 110 g/mol. The van der Waals surface area contributed by atoms with Crippen molar-refractivity contribution >= 4 is 0 Å². The average molecular weight is 115 g/mol. The van der Waals surface area contributed by atoms with Gasteiger partial charge >= 0.3 is 5.56 Å². The molecule has 4 nitrogen and oxygen atoms in total. The molecule has 1 heterocycles. The molecule has 0 amide bonds. The summed E-state index contributed by atoms with van der Waals surface area (Å²) in [7, 11) is 0. The van der Waals surface area contributed by atoms with Crippen LogP contribution in [0.25, 0.3) is 0 Å². The molecule has 0 aliphatic heterocycles. The first-order valence-corrected chi connectivity index (χ1v) is 2.09. The van der Waals surface area contributed by atoms with E-state index in [1.165, 1.54) is 6.07 Å². The van der Waals surface area contributed by atoms with Crippen LogP contribution in [0.15, 0.2) is 15.4 Å². The zero-order chi connectivity index (χ0) is 6.15. The van der Waals surface area contributed by atoms with Crippen LogP contribution in [-0.4, -0.2) is 10.1 Å². The van der Waals surface area contributed by atoms with Gasteiger partial charge in [-0.05, 0) is 6.92 Å². The summed E-state index contributed by atoms with van der Waals surface area (Å²) in [5, 5.41) is 8.38. The van der Waals surface area contributed by atoms with Crippen molar-refractivity contribution in [1.29, 1.82) is 0 Å². The van der Waals surface area contributed by atoms with Crippen molar-refractivity contribution in [2.45, 2.75) is 6.92 Å². The molecule has 0 saturated heterocycles. The van der Waals surface area contributed by atoms with Crippen LogP contribution in [-0.2, 0) is 0 Å². The first-order valence-electron chi connectivity index (χ1n) is 2.09. The van der Waals surface area contributed by atoms with Gasteiger partial charge in [0.25, 0.3) is 0 Å². The quantitative estimate of drug-likeness (QED) is 0.483. The lowest BCUT2D eigenvalue weighted by atomic mass is 10.5. The summed E-state index contributed by atoms with van der Waals surface area (Å²) in [6, 6.07) is 1.19. The van der Waals surface area contributed by atoms with E-state index in [0.717, 1.165) is 0 Å². The van der Waals surface area contributed by atoms with Gasteiger partial charge in [0, 0.05) is 4.90 Å². The Morgan fingerprint density at radius 2 is 2.50 bits per heavy atom. The van der Waals surface area contributed by atoms with Gasteiger partial charge in [-0.2, -0.15) is 0 Å². The van der Waals surface area contributed by atoms with E-state index in [0.29, 0.717) is 5.76 Å². The number of hydrogen-bond donors (Lipinski definition) is 1. The number of aryl methyl sites for hydroxylation is 1. The Bertz CT molecular complexity index is 234. The first-order chi connectivity index (χ1) is 3.70.